The fraction of sp³-hybridized carbons (Fsp3) is 0.917. The molecule has 19 heavy (non-hydrogen) atoms. The summed E-state index contributed by atoms with van der Waals surface area (Å²) < 4.78 is 42.6. The number of ether oxygens (including phenoxy) is 1. The standard InChI is InChI=1S/C12H19F3N2O2/c13-12(14,15)7-1-3-8(4-2-7)17-11(18)9-5-19-6-10(9)16/h7-10H,1-6,16H2,(H,17,18). The predicted octanol–water partition coefficient (Wildman–Crippen LogP) is 1.20. The molecule has 1 heterocycles. The number of amides is 1. The maximum absolute atomic E-state index is 12.5. The average molecular weight is 280 g/mol. The van der Waals surface area contributed by atoms with Gasteiger partial charge in [0.2, 0.25) is 5.91 Å². The molecule has 0 aromatic heterocycles. The van der Waals surface area contributed by atoms with Crippen molar-refractivity contribution >= 4 is 5.91 Å². The smallest absolute Gasteiger partial charge is 0.379 e. The summed E-state index contributed by atoms with van der Waals surface area (Å²) in [5, 5.41) is 2.80. The zero-order chi connectivity index (χ0) is 14.0. The van der Waals surface area contributed by atoms with Crippen LogP contribution in [-0.4, -0.2) is 37.4 Å². The van der Waals surface area contributed by atoms with Crippen LogP contribution in [0, 0.1) is 11.8 Å². The van der Waals surface area contributed by atoms with E-state index < -0.39 is 12.1 Å². The van der Waals surface area contributed by atoms with Gasteiger partial charge in [-0.05, 0) is 25.7 Å². The molecule has 2 rings (SSSR count). The first kappa shape index (κ1) is 14.6. The van der Waals surface area contributed by atoms with Gasteiger partial charge in [0.25, 0.3) is 0 Å². The molecule has 2 aliphatic rings. The lowest BCUT2D eigenvalue weighted by Gasteiger charge is -2.31. The number of halogens is 3. The van der Waals surface area contributed by atoms with Gasteiger partial charge in [0, 0.05) is 12.1 Å². The van der Waals surface area contributed by atoms with Gasteiger partial charge in [-0.3, -0.25) is 4.79 Å². The molecule has 0 aromatic rings. The summed E-state index contributed by atoms with van der Waals surface area (Å²) in [7, 11) is 0. The van der Waals surface area contributed by atoms with Crippen LogP contribution in [0.25, 0.3) is 0 Å². The van der Waals surface area contributed by atoms with Crippen molar-refractivity contribution < 1.29 is 22.7 Å². The Balaban J connectivity index is 1.78. The molecule has 2 unspecified atom stereocenters. The van der Waals surface area contributed by atoms with Gasteiger partial charge in [0.05, 0.1) is 25.0 Å². The average Bonchev–Trinajstić information content (AvgIpc) is 2.75. The summed E-state index contributed by atoms with van der Waals surface area (Å²) in [5.41, 5.74) is 5.73. The highest BCUT2D eigenvalue weighted by molar-refractivity contribution is 5.80. The molecule has 2 fully saturated rings. The quantitative estimate of drug-likeness (QED) is 0.799. The van der Waals surface area contributed by atoms with Crippen molar-refractivity contribution in [1.82, 2.24) is 5.32 Å². The lowest BCUT2D eigenvalue weighted by molar-refractivity contribution is -0.182. The van der Waals surface area contributed by atoms with Gasteiger partial charge in [-0.15, -0.1) is 0 Å². The van der Waals surface area contributed by atoms with Crippen LogP contribution in [0.3, 0.4) is 0 Å². The Bertz CT molecular complexity index is 327. The van der Waals surface area contributed by atoms with Crippen molar-refractivity contribution in [3.8, 4) is 0 Å². The third-order valence-corrected chi connectivity index (χ3v) is 4.00. The van der Waals surface area contributed by atoms with Crippen LogP contribution < -0.4 is 11.1 Å². The molecule has 0 aromatic carbocycles. The summed E-state index contributed by atoms with van der Waals surface area (Å²) in [6.45, 7) is 0.657. The number of alkyl halides is 3. The number of nitrogens with two attached hydrogens (primary N) is 1. The van der Waals surface area contributed by atoms with Crippen molar-refractivity contribution in [3.63, 3.8) is 0 Å². The van der Waals surface area contributed by atoms with E-state index >= 15 is 0 Å². The number of hydrogen-bond acceptors (Lipinski definition) is 3. The molecule has 3 N–H and O–H groups in total. The fourth-order valence-corrected chi connectivity index (χ4v) is 2.71. The van der Waals surface area contributed by atoms with Crippen molar-refractivity contribution in [3.05, 3.63) is 0 Å². The summed E-state index contributed by atoms with van der Waals surface area (Å²) in [6.07, 6.45) is -3.20. The van der Waals surface area contributed by atoms with Gasteiger partial charge in [0.15, 0.2) is 0 Å². The molecule has 1 amide bonds. The molecule has 1 saturated heterocycles. The fourth-order valence-electron chi connectivity index (χ4n) is 2.71. The monoisotopic (exact) mass is 280 g/mol. The van der Waals surface area contributed by atoms with Gasteiger partial charge in [-0.2, -0.15) is 13.2 Å². The second-order valence-electron chi connectivity index (χ2n) is 5.41. The van der Waals surface area contributed by atoms with Gasteiger partial charge in [-0.1, -0.05) is 0 Å². The Kier molecular flexibility index (Phi) is 4.35. The normalized spacial score (nSPS) is 36.2. The maximum Gasteiger partial charge on any atom is 0.391 e. The van der Waals surface area contributed by atoms with Crippen LogP contribution in [0.4, 0.5) is 13.2 Å². The minimum atomic E-state index is -4.11. The number of carbonyl (C=O) groups excluding carboxylic acids is 1. The van der Waals surface area contributed by atoms with Gasteiger partial charge >= 0.3 is 6.18 Å². The van der Waals surface area contributed by atoms with E-state index in [0.29, 0.717) is 26.1 Å². The second kappa shape index (κ2) is 5.66. The van der Waals surface area contributed by atoms with Crippen molar-refractivity contribution in [2.45, 2.75) is 43.9 Å². The van der Waals surface area contributed by atoms with Gasteiger partial charge < -0.3 is 15.8 Å². The van der Waals surface area contributed by atoms with Crippen molar-refractivity contribution in [2.24, 2.45) is 17.6 Å². The second-order valence-corrected chi connectivity index (χ2v) is 5.41. The van der Waals surface area contributed by atoms with Gasteiger partial charge in [0.1, 0.15) is 0 Å². The molecule has 2 atom stereocenters. The molecular formula is C12H19F3N2O2. The highest BCUT2D eigenvalue weighted by Gasteiger charge is 2.42. The first-order valence-electron chi connectivity index (χ1n) is 6.58. The Morgan fingerprint density at radius 2 is 1.79 bits per heavy atom. The zero-order valence-corrected chi connectivity index (χ0v) is 10.6. The Hall–Kier alpha value is -0.820. The highest BCUT2D eigenvalue weighted by Crippen LogP contribution is 2.37. The lowest BCUT2D eigenvalue weighted by atomic mass is 9.85. The maximum atomic E-state index is 12.5. The zero-order valence-electron chi connectivity index (χ0n) is 10.6. The molecule has 4 nitrogen and oxygen atoms in total. The molecule has 0 radical (unpaired) electrons. The molecule has 0 spiro atoms. The van der Waals surface area contributed by atoms with Gasteiger partial charge in [-0.25, -0.2) is 0 Å². The van der Waals surface area contributed by atoms with Crippen LogP contribution in [0.1, 0.15) is 25.7 Å². The Labute approximate surface area is 109 Å². The molecule has 1 saturated carbocycles. The summed E-state index contributed by atoms with van der Waals surface area (Å²) in [6, 6.07) is -0.481. The van der Waals surface area contributed by atoms with E-state index in [0.717, 1.165) is 0 Å². The van der Waals surface area contributed by atoms with E-state index in [4.69, 9.17) is 10.5 Å². The highest BCUT2D eigenvalue weighted by atomic mass is 19.4. The van der Waals surface area contributed by atoms with E-state index in [1.165, 1.54) is 0 Å². The van der Waals surface area contributed by atoms with E-state index in [-0.39, 0.29) is 36.8 Å². The number of nitrogens with one attached hydrogen (secondary N) is 1. The molecular weight excluding hydrogens is 261 g/mol. The molecule has 1 aliphatic carbocycles. The minimum Gasteiger partial charge on any atom is -0.379 e. The van der Waals surface area contributed by atoms with Crippen LogP contribution in [0.2, 0.25) is 0 Å². The third-order valence-electron chi connectivity index (χ3n) is 4.00. The van der Waals surface area contributed by atoms with Crippen LogP contribution >= 0.6 is 0 Å². The van der Waals surface area contributed by atoms with E-state index in [2.05, 4.69) is 5.32 Å². The molecule has 7 heteroatoms. The summed E-state index contributed by atoms with van der Waals surface area (Å²) >= 11 is 0. The minimum absolute atomic E-state index is 0.0850. The van der Waals surface area contributed by atoms with E-state index in [1.54, 1.807) is 0 Å². The summed E-state index contributed by atoms with van der Waals surface area (Å²) in [5.74, 6) is -1.79. The molecule has 110 valence electrons. The number of rotatable bonds is 2. The van der Waals surface area contributed by atoms with E-state index in [1.807, 2.05) is 0 Å². The Morgan fingerprint density at radius 1 is 1.16 bits per heavy atom. The van der Waals surface area contributed by atoms with Crippen LogP contribution in [0.5, 0.6) is 0 Å². The largest absolute Gasteiger partial charge is 0.391 e. The lowest BCUT2D eigenvalue weighted by Crippen LogP contribution is -2.46. The molecule has 0 bridgehead atoms. The number of carbonyl (C=O) groups is 1. The van der Waals surface area contributed by atoms with Crippen LogP contribution in [-0.2, 0) is 9.53 Å². The van der Waals surface area contributed by atoms with Crippen molar-refractivity contribution in [2.75, 3.05) is 13.2 Å². The SMILES string of the molecule is NC1COCC1C(=O)NC1CCC(C(F)(F)F)CC1. The molecule has 1 aliphatic heterocycles. The van der Waals surface area contributed by atoms with Crippen molar-refractivity contribution in [1.29, 1.82) is 0 Å². The first-order chi connectivity index (χ1) is 8.88. The topological polar surface area (TPSA) is 64.3 Å². The predicted molar refractivity (Wildman–Crippen MR) is 62.2 cm³/mol. The first-order valence-corrected chi connectivity index (χ1v) is 6.58. The third kappa shape index (κ3) is 3.60. The van der Waals surface area contributed by atoms with Crippen LogP contribution in [0.15, 0.2) is 0 Å². The Morgan fingerprint density at radius 3 is 2.26 bits per heavy atom. The summed E-state index contributed by atoms with van der Waals surface area (Å²) in [4.78, 5) is 11.9. The number of hydrogen-bond donors (Lipinski definition) is 2. The van der Waals surface area contributed by atoms with E-state index in [9.17, 15) is 18.0 Å².